The lowest BCUT2D eigenvalue weighted by atomic mass is 9.95. The fourth-order valence-corrected chi connectivity index (χ4v) is 2.97. The molecule has 0 saturated heterocycles. The van der Waals surface area contributed by atoms with Gasteiger partial charge in [0.25, 0.3) is 0 Å². The summed E-state index contributed by atoms with van der Waals surface area (Å²) in [6.45, 7) is 5.46. The zero-order chi connectivity index (χ0) is 14.1. The Morgan fingerprint density at radius 3 is 2.63 bits per heavy atom. The summed E-state index contributed by atoms with van der Waals surface area (Å²) in [6, 6.07) is 0. The number of nitrogens with zero attached hydrogens (tertiary/aromatic N) is 1. The summed E-state index contributed by atoms with van der Waals surface area (Å²) in [7, 11) is 1.67. The van der Waals surface area contributed by atoms with Gasteiger partial charge in [-0.2, -0.15) is 0 Å². The number of hydrogen-bond donors (Lipinski definition) is 2. The second-order valence-electron chi connectivity index (χ2n) is 5.35. The molecule has 0 aromatic carbocycles. The van der Waals surface area contributed by atoms with Crippen molar-refractivity contribution in [2.75, 3.05) is 39.9 Å². The average molecular weight is 271 g/mol. The van der Waals surface area contributed by atoms with Crippen molar-refractivity contribution < 1.29 is 9.53 Å². The molecule has 5 nitrogen and oxygen atoms in total. The number of rotatable bonds is 9. The summed E-state index contributed by atoms with van der Waals surface area (Å²) in [6.07, 6.45) is 5.55. The summed E-state index contributed by atoms with van der Waals surface area (Å²) in [4.78, 5) is 14.2. The first-order valence-corrected chi connectivity index (χ1v) is 7.39. The molecule has 0 unspecified atom stereocenters. The average Bonchev–Trinajstić information content (AvgIpc) is 2.91. The Morgan fingerprint density at radius 2 is 2.11 bits per heavy atom. The Kier molecular flexibility index (Phi) is 7.34. The van der Waals surface area contributed by atoms with Gasteiger partial charge >= 0.3 is 0 Å². The highest BCUT2D eigenvalue weighted by atomic mass is 16.5. The molecule has 0 bridgehead atoms. The molecule has 0 aliphatic heterocycles. The van der Waals surface area contributed by atoms with Gasteiger partial charge in [-0.1, -0.05) is 19.8 Å². The molecular weight excluding hydrogens is 242 g/mol. The van der Waals surface area contributed by atoms with Crippen molar-refractivity contribution >= 4 is 5.91 Å². The van der Waals surface area contributed by atoms with E-state index in [-0.39, 0.29) is 11.4 Å². The van der Waals surface area contributed by atoms with E-state index in [1.165, 1.54) is 12.8 Å². The minimum Gasteiger partial charge on any atom is -0.385 e. The number of amides is 1. The fourth-order valence-electron chi connectivity index (χ4n) is 2.97. The van der Waals surface area contributed by atoms with E-state index >= 15 is 0 Å². The van der Waals surface area contributed by atoms with Crippen LogP contribution >= 0.6 is 0 Å². The molecule has 1 amide bonds. The first-order valence-electron chi connectivity index (χ1n) is 7.39. The van der Waals surface area contributed by atoms with E-state index in [1.54, 1.807) is 7.11 Å². The first kappa shape index (κ1) is 16.4. The third-order valence-corrected chi connectivity index (χ3v) is 4.15. The maximum Gasteiger partial charge on any atom is 0.234 e. The number of ether oxygens (including phenoxy) is 1. The molecule has 0 atom stereocenters. The van der Waals surface area contributed by atoms with Crippen molar-refractivity contribution in [1.82, 2.24) is 10.2 Å². The minimum atomic E-state index is 0.0542. The van der Waals surface area contributed by atoms with Crippen LogP contribution in [0.25, 0.3) is 0 Å². The van der Waals surface area contributed by atoms with Gasteiger partial charge in [-0.3, -0.25) is 9.69 Å². The lowest BCUT2D eigenvalue weighted by Gasteiger charge is -2.39. The number of hydrogen-bond acceptors (Lipinski definition) is 4. The Bertz CT molecular complexity index is 265. The van der Waals surface area contributed by atoms with E-state index in [4.69, 9.17) is 10.5 Å². The normalized spacial score (nSPS) is 17.9. The molecule has 1 aliphatic rings. The molecule has 0 radical (unpaired) electrons. The summed E-state index contributed by atoms with van der Waals surface area (Å²) < 4.78 is 4.96. The highest BCUT2D eigenvalue weighted by Crippen LogP contribution is 2.34. The van der Waals surface area contributed by atoms with E-state index in [2.05, 4.69) is 17.1 Å². The quantitative estimate of drug-likeness (QED) is 0.607. The van der Waals surface area contributed by atoms with Crippen LogP contribution in [0.1, 0.15) is 39.0 Å². The van der Waals surface area contributed by atoms with Gasteiger partial charge in [0, 0.05) is 32.3 Å². The molecular formula is C14H29N3O2. The molecule has 1 aliphatic carbocycles. The van der Waals surface area contributed by atoms with Gasteiger partial charge in [0.05, 0.1) is 6.54 Å². The van der Waals surface area contributed by atoms with Crippen LogP contribution in [0.3, 0.4) is 0 Å². The number of likely N-dealkylation sites (N-methyl/N-ethyl adjacent to an activating group) is 1. The lowest BCUT2D eigenvalue weighted by molar-refractivity contribution is -0.123. The Morgan fingerprint density at radius 1 is 1.42 bits per heavy atom. The van der Waals surface area contributed by atoms with Crippen LogP contribution in [0.2, 0.25) is 0 Å². The highest BCUT2D eigenvalue weighted by molar-refractivity contribution is 5.78. The van der Waals surface area contributed by atoms with Crippen LogP contribution in [-0.2, 0) is 9.53 Å². The standard InChI is InChI=1S/C14H29N3O2/c1-3-17(14(12-15)7-4-5-8-14)11-13(18)16-9-6-10-19-2/h3-12,15H2,1-2H3,(H,16,18). The third kappa shape index (κ3) is 4.75. The Balaban J connectivity index is 2.40. The molecule has 3 N–H and O–H groups in total. The van der Waals surface area contributed by atoms with Gasteiger partial charge in [-0.05, 0) is 25.8 Å². The minimum absolute atomic E-state index is 0.0542. The van der Waals surface area contributed by atoms with Crippen LogP contribution in [0.15, 0.2) is 0 Å². The summed E-state index contributed by atoms with van der Waals surface area (Å²) >= 11 is 0. The topological polar surface area (TPSA) is 67.6 Å². The molecule has 1 rings (SSSR count). The maximum absolute atomic E-state index is 12.0. The largest absolute Gasteiger partial charge is 0.385 e. The zero-order valence-corrected chi connectivity index (χ0v) is 12.4. The van der Waals surface area contributed by atoms with Crippen molar-refractivity contribution in [1.29, 1.82) is 0 Å². The molecule has 0 spiro atoms. The smallest absolute Gasteiger partial charge is 0.234 e. The molecule has 0 heterocycles. The van der Waals surface area contributed by atoms with Crippen molar-refractivity contribution in [2.24, 2.45) is 5.73 Å². The van der Waals surface area contributed by atoms with Crippen LogP contribution in [-0.4, -0.2) is 56.2 Å². The first-order chi connectivity index (χ1) is 9.18. The highest BCUT2D eigenvalue weighted by Gasteiger charge is 2.38. The van der Waals surface area contributed by atoms with Crippen LogP contribution < -0.4 is 11.1 Å². The SMILES string of the molecule is CCN(CC(=O)NCCCOC)C1(CN)CCCC1. The van der Waals surface area contributed by atoms with Gasteiger partial charge in [-0.25, -0.2) is 0 Å². The number of carbonyl (C=O) groups is 1. The summed E-state index contributed by atoms with van der Waals surface area (Å²) in [5, 5.41) is 2.95. The van der Waals surface area contributed by atoms with Crippen molar-refractivity contribution in [3.05, 3.63) is 0 Å². The second kappa shape index (κ2) is 8.51. The van der Waals surface area contributed by atoms with E-state index in [1.807, 2.05) is 0 Å². The Labute approximate surface area is 116 Å². The number of nitrogens with one attached hydrogen (secondary N) is 1. The van der Waals surface area contributed by atoms with Crippen molar-refractivity contribution in [3.8, 4) is 0 Å². The van der Waals surface area contributed by atoms with Crippen LogP contribution in [0, 0.1) is 0 Å². The molecule has 0 aromatic heterocycles. The zero-order valence-electron chi connectivity index (χ0n) is 12.4. The van der Waals surface area contributed by atoms with Gasteiger partial charge < -0.3 is 15.8 Å². The van der Waals surface area contributed by atoms with E-state index < -0.39 is 0 Å². The van der Waals surface area contributed by atoms with Crippen molar-refractivity contribution in [2.45, 2.75) is 44.6 Å². The molecule has 112 valence electrons. The predicted molar refractivity (Wildman–Crippen MR) is 77.0 cm³/mol. The van der Waals surface area contributed by atoms with E-state index in [9.17, 15) is 4.79 Å². The number of carbonyl (C=O) groups excluding carboxylic acids is 1. The van der Waals surface area contributed by atoms with E-state index in [0.29, 0.717) is 26.2 Å². The third-order valence-electron chi connectivity index (χ3n) is 4.15. The van der Waals surface area contributed by atoms with Gasteiger partial charge in [0.1, 0.15) is 0 Å². The summed E-state index contributed by atoms with van der Waals surface area (Å²) in [5.41, 5.74) is 6.02. The Hall–Kier alpha value is -0.650. The van der Waals surface area contributed by atoms with Gasteiger partial charge in [-0.15, -0.1) is 0 Å². The van der Waals surface area contributed by atoms with Crippen LogP contribution in [0.4, 0.5) is 0 Å². The molecule has 19 heavy (non-hydrogen) atoms. The monoisotopic (exact) mass is 271 g/mol. The molecule has 1 fully saturated rings. The predicted octanol–water partition coefficient (Wildman–Crippen LogP) is 0.733. The number of methoxy groups -OCH3 is 1. The molecule has 1 saturated carbocycles. The molecule has 0 aromatic rings. The van der Waals surface area contributed by atoms with Gasteiger partial charge in [0.2, 0.25) is 5.91 Å². The second-order valence-corrected chi connectivity index (χ2v) is 5.35. The van der Waals surface area contributed by atoms with Crippen molar-refractivity contribution in [3.63, 3.8) is 0 Å². The molecule has 5 heteroatoms. The fraction of sp³-hybridized carbons (Fsp3) is 0.929. The van der Waals surface area contributed by atoms with Gasteiger partial charge in [0.15, 0.2) is 0 Å². The van der Waals surface area contributed by atoms with Crippen LogP contribution in [0.5, 0.6) is 0 Å². The number of nitrogens with two attached hydrogens (primary N) is 1. The maximum atomic E-state index is 12.0. The summed E-state index contributed by atoms with van der Waals surface area (Å²) in [5.74, 6) is 0.0951. The van der Waals surface area contributed by atoms with E-state index in [0.717, 1.165) is 25.8 Å². The lowest BCUT2D eigenvalue weighted by Crippen LogP contribution is -2.55.